The highest BCUT2D eigenvalue weighted by atomic mass is 32.2. The second-order valence-electron chi connectivity index (χ2n) is 13.6. The van der Waals surface area contributed by atoms with Crippen LogP contribution in [0.5, 0.6) is 5.75 Å². The average molecular weight is 670 g/mol. The molecule has 4 atom stereocenters. The minimum absolute atomic E-state index is 0.00528. The van der Waals surface area contributed by atoms with Crippen molar-refractivity contribution in [2.24, 2.45) is 5.41 Å². The van der Waals surface area contributed by atoms with E-state index in [-0.39, 0.29) is 73.1 Å². The molecule has 252 valence electrons. The first-order valence-electron chi connectivity index (χ1n) is 15.6. The van der Waals surface area contributed by atoms with E-state index in [2.05, 4.69) is 10.3 Å². The summed E-state index contributed by atoms with van der Waals surface area (Å²) in [6.07, 6.45) is 0.544. The highest BCUT2D eigenvalue weighted by molar-refractivity contribution is 7.89. The maximum absolute atomic E-state index is 14.0. The van der Waals surface area contributed by atoms with Crippen LogP contribution in [-0.4, -0.2) is 109 Å². The number of aromatic amines is 1. The van der Waals surface area contributed by atoms with Crippen molar-refractivity contribution in [3.8, 4) is 5.75 Å². The summed E-state index contributed by atoms with van der Waals surface area (Å²) in [5.41, 5.74) is 0.908. The van der Waals surface area contributed by atoms with Crippen LogP contribution in [0, 0.1) is 18.2 Å². The third-order valence-corrected chi connectivity index (χ3v) is 11.2. The third kappa shape index (κ3) is 6.09. The number of ether oxygens (including phenoxy) is 2. The fraction of sp³-hybridized carbons (Fsp3) is 0.485. The van der Waals surface area contributed by atoms with Gasteiger partial charge < -0.3 is 29.6 Å². The molecule has 2 bridgehead atoms. The number of hydrogen-bond donors (Lipinski definition) is 2. The number of nitrogens with one attached hydrogen (secondary N) is 2. The Labute approximate surface area is 273 Å². The van der Waals surface area contributed by atoms with Crippen molar-refractivity contribution in [3.63, 3.8) is 0 Å². The number of rotatable bonds is 7. The molecule has 0 saturated carbocycles. The molecule has 6 rings (SSSR count). The first kappa shape index (κ1) is 32.9. The molecule has 0 radical (unpaired) electrons. The lowest BCUT2D eigenvalue weighted by Crippen LogP contribution is -2.62. The van der Waals surface area contributed by atoms with E-state index in [0.29, 0.717) is 17.3 Å². The Morgan fingerprint density at radius 2 is 1.79 bits per heavy atom. The number of nitrogens with zero attached hydrogens (tertiary/aromatic N) is 3. The molecule has 0 unspecified atom stereocenters. The van der Waals surface area contributed by atoms with Crippen LogP contribution in [0.25, 0.3) is 10.9 Å². The van der Waals surface area contributed by atoms with Gasteiger partial charge in [0, 0.05) is 30.5 Å². The number of fused-ring (bicyclic) bond motifs is 3. The first-order valence-corrected chi connectivity index (χ1v) is 17.1. The number of hydrogen-bond acceptors (Lipinski definition) is 7. The number of aryl methyl sites for hydroxylation is 1. The normalized spacial score (nSPS) is 22.5. The van der Waals surface area contributed by atoms with Crippen LogP contribution >= 0.6 is 0 Å². The molecule has 3 aliphatic heterocycles. The van der Waals surface area contributed by atoms with E-state index in [1.807, 2.05) is 20.8 Å². The summed E-state index contributed by atoms with van der Waals surface area (Å²) >= 11 is 0. The van der Waals surface area contributed by atoms with Crippen molar-refractivity contribution < 1.29 is 36.7 Å². The van der Waals surface area contributed by atoms with E-state index in [1.54, 1.807) is 41.0 Å². The Morgan fingerprint density at radius 1 is 1.06 bits per heavy atom. The van der Waals surface area contributed by atoms with Gasteiger partial charge in [-0.05, 0) is 60.7 Å². The number of sulfonamides is 1. The van der Waals surface area contributed by atoms with Crippen LogP contribution in [0.2, 0.25) is 0 Å². The number of carbonyl (C=O) groups excluding carboxylic acids is 3. The number of morpholine rings is 1. The van der Waals surface area contributed by atoms with Crippen molar-refractivity contribution in [3.05, 3.63) is 59.5 Å². The number of aromatic nitrogens is 1. The summed E-state index contributed by atoms with van der Waals surface area (Å²) in [5, 5.41) is 3.43. The monoisotopic (exact) mass is 669 g/mol. The Balaban J connectivity index is 1.17. The summed E-state index contributed by atoms with van der Waals surface area (Å²) < 4.78 is 53.6. The SMILES string of the molecule is COc1ccc(C)cc1S(=O)(=O)N1CCOC[C@@H]1C(=O)N1C[C@@H]2C[C@H]1CN2C(=O)[C@@H](NC(=O)c1cc2cc(F)ccc2[nH]1)C(C)(C)C. The van der Waals surface area contributed by atoms with Gasteiger partial charge in [-0.15, -0.1) is 0 Å². The molecule has 4 heterocycles. The number of halogens is 1. The van der Waals surface area contributed by atoms with Crippen LogP contribution in [0.3, 0.4) is 0 Å². The predicted octanol–water partition coefficient (Wildman–Crippen LogP) is 2.67. The lowest BCUT2D eigenvalue weighted by Gasteiger charge is -2.41. The first-order chi connectivity index (χ1) is 22.2. The van der Waals surface area contributed by atoms with Gasteiger partial charge in [0.05, 0.1) is 32.4 Å². The van der Waals surface area contributed by atoms with Crippen molar-refractivity contribution in [1.29, 1.82) is 0 Å². The number of amides is 3. The average Bonchev–Trinajstić information content (AvgIpc) is 3.77. The quantitative estimate of drug-likeness (QED) is 0.394. The number of piperazine rings is 1. The zero-order chi connectivity index (χ0) is 33.8. The molecule has 3 aliphatic rings. The molecule has 14 heteroatoms. The van der Waals surface area contributed by atoms with E-state index >= 15 is 0 Å². The molecular weight excluding hydrogens is 629 g/mol. The topological polar surface area (TPSA) is 141 Å². The molecule has 3 amide bonds. The van der Waals surface area contributed by atoms with Gasteiger partial charge in [0.15, 0.2) is 0 Å². The Kier molecular flexibility index (Phi) is 8.56. The van der Waals surface area contributed by atoms with Crippen LogP contribution in [0.15, 0.2) is 47.4 Å². The zero-order valence-electron chi connectivity index (χ0n) is 27.1. The van der Waals surface area contributed by atoms with E-state index in [9.17, 15) is 27.2 Å². The smallest absolute Gasteiger partial charge is 0.268 e. The van der Waals surface area contributed by atoms with E-state index in [4.69, 9.17) is 9.47 Å². The standard InChI is InChI=1S/C33H40FN5O7S/c1-19-6-9-27(45-5)28(12-19)47(43,44)39-10-11-46-18-26(39)31(41)37-16-23-15-22(37)17-38(23)32(42)29(33(2,3)4)36-30(40)25-14-20-13-21(34)7-8-24(20)35-25/h6-9,12-14,22-23,26,29,35H,10-11,15-18H2,1-5H3,(H,36,40)/t22-,23-,26+,29+/m0/s1. The molecule has 3 fully saturated rings. The van der Waals surface area contributed by atoms with Crippen LogP contribution < -0.4 is 10.1 Å². The Hall–Kier alpha value is -4.01. The van der Waals surface area contributed by atoms with Gasteiger partial charge in [-0.3, -0.25) is 14.4 Å². The molecular formula is C33H40FN5O7S. The summed E-state index contributed by atoms with van der Waals surface area (Å²) in [6, 6.07) is 8.09. The summed E-state index contributed by atoms with van der Waals surface area (Å²) in [5.74, 6) is -1.33. The van der Waals surface area contributed by atoms with Gasteiger partial charge >= 0.3 is 0 Å². The Bertz CT molecular complexity index is 1840. The summed E-state index contributed by atoms with van der Waals surface area (Å²) in [4.78, 5) is 47.6. The van der Waals surface area contributed by atoms with E-state index in [1.165, 1.54) is 29.6 Å². The zero-order valence-corrected chi connectivity index (χ0v) is 27.9. The molecule has 0 spiro atoms. The van der Waals surface area contributed by atoms with Gasteiger partial charge in [-0.1, -0.05) is 26.8 Å². The fourth-order valence-corrected chi connectivity index (χ4v) is 8.62. The second-order valence-corrected chi connectivity index (χ2v) is 15.4. The van der Waals surface area contributed by atoms with Gasteiger partial charge in [0.2, 0.25) is 21.8 Å². The van der Waals surface area contributed by atoms with E-state index in [0.717, 1.165) is 5.56 Å². The second kappa shape index (κ2) is 12.2. The van der Waals surface area contributed by atoms with Gasteiger partial charge in [-0.25, -0.2) is 12.8 Å². The van der Waals surface area contributed by atoms with Crippen LogP contribution in [0.1, 0.15) is 43.2 Å². The maximum Gasteiger partial charge on any atom is 0.268 e. The molecule has 0 aliphatic carbocycles. The molecule has 2 aromatic carbocycles. The lowest BCUT2D eigenvalue weighted by atomic mass is 9.85. The number of benzene rings is 2. The fourth-order valence-electron chi connectivity index (χ4n) is 6.83. The van der Waals surface area contributed by atoms with Crippen molar-refractivity contribution >= 4 is 38.6 Å². The third-order valence-electron chi connectivity index (χ3n) is 9.29. The summed E-state index contributed by atoms with van der Waals surface area (Å²) in [7, 11) is -2.70. The van der Waals surface area contributed by atoms with Crippen molar-refractivity contribution in [2.75, 3.05) is 40.0 Å². The molecule has 12 nitrogen and oxygen atoms in total. The van der Waals surface area contributed by atoms with Crippen LogP contribution in [-0.2, 0) is 24.3 Å². The number of methoxy groups -OCH3 is 1. The number of likely N-dealkylation sites (tertiary alicyclic amines) is 2. The van der Waals surface area contributed by atoms with Crippen LogP contribution in [0.4, 0.5) is 4.39 Å². The molecule has 3 saturated heterocycles. The summed E-state index contributed by atoms with van der Waals surface area (Å²) in [6.45, 7) is 7.96. The minimum atomic E-state index is -4.11. The van der Waals surface area contributed by atoms with Gasteiger partial charge in [0.1, 0.15) is 34.2 Å². The van der Waals surface area contributed by atoms with Crippen molar-refractivity contribution in [2.45, 2.75) is 63.2 Å². The van der Waals surface area contributed by atoms with Gasteiger partial charge in [0.25, 0.3) is 5.91 Å². The number of carbonyl (C=O) groups is 3. The maximum atomic E-state index is 14.0. The molecule has 47 heavy (non-hydrogen) atoms. The molecule has 2 N–H and O–H groups in total. The molecule has 1 aromatic heterocycles. The van der Waals surface area contributed by atoms with Crippen molar-refractivity contribution in [1.82, 2.24) is 24.4 Å². The van der Waals surface area contributed by atoms with E-state index < -0.39 is 39.2 Å². The largest absolute Gasteiger partial charge is 0.495 e. The number of H-pyrrole nitrogens is 1. The minimum Gasteiger partial charge on any atom is -0.495 e. The predicted molar refractivity (Wildman–Crippen MR) is 171 cm³/mol. The van der Waals surface area contributed by atoms with Gasteiger partial charge in [-0.2, -0.15) is 4.31 Å². The lowest BCUT2D eigenvalue weighted by molar-refractivity contribution is -0.146. The highest BCUT2D eigenvalue weighted by Gasteiger charge is 2.52. The molecule has 3 aromatic rings. The Morgan fingerprint density at radius 3 is 2.47 bits per heavy atom. The highest BCUT2D eigenvalue weighted by Crippen LogP contribution is 2.36.